The minimum absolute atomic E-state index is 0.0861. The molecule has 28 heavy (non-hydrogen) atoms. The number of ether oxygens (including phenoxy) is 1. The van der Waals surface area contributed by atoms with Crippen LogP contribution in [0.5, 0.6) is 0 Å². The number of anilines is 1. The van der Waals surface area contributed by atoms with Gasteiger partial charge in [-0.1, -0.05) is 6.07 Å². The van der Waals surface area contributed by atoms with Crippen molar-refractivity contribution in [2.24, 2.45) is 5.92 Å². The normalized spacial score (nSPS) is 20.2. The summed E-state index contributed by atoms with van der Waals surface area (Å²) in [5.74, 6) is 0.402. The first-order valence-electron chi connectivity index (χ1n) is 9.58. The molecule has 2 atom stereocenters. The zero-order chi connectivity index (χ0) is 19.7. The molecule has 3 heterocycles. The molecule has 0 aliphatic carbocycles. The van der Waals surface area contributed by atoms with Gasteiger partial charge in [-0.25, -0.2) is 4.79 Å². The van der Waals surface area contributed by atoms with Crippen LogP contribution in [0.3, 0.4) is 0 Å². The van der Waals surface area contributed by atoms with Crippen molar-refractivity contribution in [1.82, 2.24) is 9.47 Å². The van der Waals surface area contributed by atoms with Crippen LogP contribution in [0, 0.1) is 5.92 Å². The van der Waals surface area contributed by atoms with E-state index in [2.05, 4.69) is 16.3 Å². The summed E-state index contributed by atoms with van der Waals surface area (Å²) < 4.78 is 6.92. The zero-order valence-electron chi connectivity index (χ0n) is 15.8. The van der Waals surface area contributed by atoms with Gasteiger partial charge in [0.1, 0.15) is 0 Å². The van der Waals surface area contributed by atoms with E-state index in [1.165, 1.54) is 0 Å². The Bertz CT molecular complexity index is 954. The summed E-state index contributed by atoms with van der Waals surface area (Å²) in [4.78, 5) is 26.1. The largest absolute Gasteiger partial charge is 0.462 e. The Hall–Kier alpha value is -2.67. The second-order valence-electron chi connectivity index (χ2n) is 7.33. The van der Waals surface area contributed by atoms with Gasteiger partial charge in [0.25, 0.3) is 5.56 Å². The summed E-state index contributed by atoms with van der Waals surface area (Å²) in [5, 5.41) is 3.94. The van der Waals surface area contributed by atoms with Gasteiger partial charge in [-0.15, -0.1) is 0 Å². The van der Waals surface area contributed by atoms with Gasteiger partial charge >= 0.3 is 5.97 Å². The zero-order valence-corrected chi connectivity index (χ0v) is 16.6. The van der Waals surface area contributed by atoms with Gasteiger partial charge in [0.2, 0.25) is 0 Å². The van der Waals surface area contributed by atoms with E-state index in [1.54, 1.807) is 25.1 Å². The molecule has 2 aliphatic rings. The molecule has 1 saturated heterocycles. The molecule has 0 saturated carbocycles. The highest BCUT2D eigenvalue weighted by Crippen LogP contribution is 2.35. The number of aromatic nitrogens is 1. The maximum atomic E-state index is 12.1. The van der Waals surface area contributed by atoms with E-state index in [4.69, 9.17) is 17.0 Å². The summed E-state index contributed by atoms with van der Waals surface area (Å²) in [7, 11) is 0. The van der Waals surface area contributed by atoms with Gasteiger partial charge in [0.15, 0.2) is 5.11 Å². The smallest absolute Gasteiger partial charge is 0.338 e. The predicted octanol–water partition coefficient (Wildman–Crippen LogP) is 2.84. The van der Waals surface area contributed by atoms with Crippen LogP contribution in [0.2, 0.25) is 0 Å². The number of nitrogens with one attached hydrogen (secondary N) is 1. The average Bonchev–Trinajstić information content (AvgIpc) is 2.69. The first kappa shape index (κ1) is 18.7. The van der Waals surface area contributed by atoms with Crippen molar-refractivity contribution in [3.05, 3.63) is 64.1 Å². The quantitative estimate of drug-likeness (QED) is 0.635. The van der Waals surface area contributed by atoms with Crippen molar-refractivity contribution in [3.63, 3.8) is 0 Å². The van der Waals surface area contributed by atoms with Crippen LogP contribution in [0.4, 0.5) is 5.69 Å². The number of hydrogen-bond donors (Lipinski definition) is 1. The molecular weight excluding hydrogens is 374 g/mol. The monoisotopic (exact) mass is 397 g/mol. The molecule has 7 heteroatoms. The molecular formula is C21H23N3O3S. The van der Waals surface area contributed by atoms with Crippen LogP contribution in [0.1, 0.15) is 35.3 Å². The molecule has 6 nitrogen and oxygen atoms in total. The predicted molar refractivity (Wildman–Crippen MR) is 112 cm³/mol. The van der Waals surface area contributed by atoms with Crippen molar-refractivity contribution in [3.8, 4) is 0 Å². The van der Waals surface area contributed by atoms with Crippen molar-refractivity contribution < 1.29 is 9.53 Å². The highest BCUT2D eigenvalue weighted by Gasteiger charge is 2.35. The highest BCUT2D eigenvalue weighted by atomic mass is 32.1. The molecule has 1 aromatic heterocycles. The Labute approximate surface area is 169 Å². The Morgan fingerprint density at radius 1 is 1.18 bits per heavy atom. The third-order valence-electron chi connectivity index (χ3n) is 5.41. The van der Waals surface area contributed by atoms with E-state index in [9.17, 15) is 9.59 Å². The minimum atomic E-state index is -0.325. The summed E-state index contributed by atoms with van der Waals surface area (Å²) >= 11 is 5.64. The molecule has 2 bridgehead atoms. The number of hydrogen-bond acceptors (Lipinski definition) is 4. The number of benzene rings is 1. The van der Waals surface area contributed by atoms with Crippen LogP contribution >= 0.6 is 12.2 Å². The molecule has 2 unspecified atom stereocenters. The van der Waals surface area contributed by atoms with Crippen LogP contribution in [0.15, 0.2) is 47.3 Å². The van der Waals surface area contributed by atoms with Crippen LogP contribution in [0.25, 0.3) is 0 Å². The second kappa shape index (κ2) is 7.75. The number of esters is 1. The lowest BCUT2D eigenvalue weighted by Gasteiger charge is -2.43. The van der Waals surface area contributed by atoms with Gasteiger partial charge in [0.05, 0.1) is 12.2 Å². The third kappa shape index (κ3) is 3.67. The molecule has 0 radical (unpaired) electrons. The number of pyridine rings is 1. The number of fused-ring (bicyclic) bond motifs is 4. The Balaban J connectivity index is 1.44. The van der Waals surface area contributed by atoms with Crippen molar-refractivity contribution in [2.75, 3.05) is 25.0 Å². The number of carbonyl (C=O) groups excluding carboxylic acids is 1. The maximum Gasteiger partial charge on any atom is 0.338 e. The minimum Gasteiger partial charge on any atom is -0.462 e. The fraction of sp³-hybridized carbons (Fsp3) is 0.381. The topological polar surface area (TPSA) is 63.6 Å². The number of carbonyl (C=O) groups is 1. The molecule has 146 valence electrons. The van der Waals surface area contributed by atoms with E-state index >= 15 is 0 Å². The van der Waals surface area contributed by atoms with Gasteiger partial charge in [-0.2, -0.15) is 0 Å². The van der Waals surface area contributed by atoms with Crippen LogP contribution < -0.4 is 10.9 Å². The van der Waals surface area contributed by atoms with Crippen molar-refractivity contribution in [1.29, 1.82) is 0 Å². The maximum absolute atomic E-state index is 12.1. The first-order valence-corrected chi connectivity index (χ1v) is 9.99. The summed E-state index contributed by atoms with van der Waals surface area (Å²) in [5.41, 5.74) is 2.55. The summed E-state index contributed by atoms with van der Waals surface area (Å²) in [6, 6.07) is 12.7. The van der Waals surface area contributed by atoms with Gasteiger partial charge in [0, 0.05) is 43.0 Å². The average molecular weight is 398 g/mol. The lowest BCUT2D eigenvalue weighted by atomic mass is 9.83. The molecule has 2 aromatic rings. The highest BCUT2D eigenvalue weighted by molar-refractivity contribution is 7.80. The van der Waals surface area contributed by atoms with Crippen LogP contribution in [-0.2, 0) is 11.3 Å². The number of rotatable bonds is 3. The van der Waals surface area contributed by atoms with Gasteiger partial charge in [-0.05, 0) is 61.8 Å². The fourth-order valence-corrected chi connectivity index (χ4v) is 4.44. The Morgan fingerprint density at radius 3 is 2.71 bits per heavy atom. The Kier molecular flexibility index (Phi) is 5.17. The molecule has 1 N–H and O–H groups in total. The van der Waals surface area contributed by atoms with Gasteiger partial charge < -0.3 is 19.5 Å². The SMILES string of the molecule is CCOC(=O)c1ccc(NC(=S)N2CC3CC(C2)c2cccc(=O)n2C3)cc1. The van der Waals surface area contributed by atoms with Crippen molar-refractivity contribution >= 4 is 29.0 Å². The van der Waals surface area contributed by atoms with E-state index in [1.807, 2.05) is 22.8 Å². The van der Waals surface area contributed by atoms with Crippen LogP contribution in [-0.4, -0.2) is 40.2 Å². The number of piperidine rings is 1. The van der Waals surface area contributed by atoms with E-state index < -0.39 is 0 Å². The summed E-state index contributed by atoms with van der Waals surface area (Å²) in [6.07, 6.45) is 1.09. The molecule has 0 spiro atoms. The number of nitrogens with zero attached hydrogens (tertiary/aromatic N) is 2. The summed E-state index contributed by atoms with van der Waals surface area (Å²) in [6.45, 7) is 4.53. The second-order valence-corrected chi connectivity index (χ2v) is 7.72. The first-order chi connectivity index (χ1) is 13.5. The third-order valence-corrected chi connectivity index (χ3v) is 5.77. The van der Waals surface area contributed by atoms with E-state index in [0.717, 1.165) is 37.4 Å². The van der Waals surface area contributed by atoms with Crippen molar-refractivity contribution in [2.45, 2.75) is 25.8 Å². The molecule has 1 fully saturated rings. The molecule has 2 aliphatic heterocycles. The van der Waals surface area contributed by atoms with E-state index in [-0.39, 0.29) is 11.5 Å². The number of likely N-dealkylation sites (tertiary alicyclic amines) is 1. The standard InChI is InChI=1S/C21H23N3O3S/c1-2-27-20(26)15-6-8-17(9-7-15)22-21(28)23-11-14-10-16(13-23)18-4-3-5-19(25)24(18)12-14/h3-9,14,16H,2,10-13H2,1H3,(H,22,28). The molecule has 4 rings (SSSR count). The fourth-order valence-electron chi connectivity index (χ4n) is 4.17. The lowest BCUT2D eigenvalue weighted by Crippen LogP contribution is -2.50. The Morgan fingerprint density at radius 2 is 1.96 bits per heavy atom. The van der Waals surface area contributed by atoms with E-state index in [0.29, 0.717) is 29.1 Å². The lowest BCUT2D eigenvalue weighted by molar-refractivity contribution is 0.0526. The number of thiocarbonyl (C=S) groups is 1. The molecule has 0 amide bonds. The van der Waals surface area contributed by atoms with Gasteiger partial charge in [-0.3, -0.25) is 4.79 Å². The molecule has 1 aromatic carbocycles.